The fourth-order valence-electron chi connectivity index (χ4n) is 2.29. The molecule has 0 aliphatic heterocycles. The Hall–Kier alpha value is -2.20. The molecule has 2 heterocycles. The molecule has 0 amide bonds. The van der Waals surface area contributed by atoms with Crippen molar-refractivity contribution in [1.29, 1.82) is 0 Å². The molecule has 0 saturated heterocycles. The second-order valence-electron chi connectivity index (χ2n) is 5.21. The van der Waals surface area contributed by atoms with Crippen molar-refractivity contribution in [2.75, 3.05) is 14.1 Å². The minimum absolute atomic E-state index is 0.412. The Morgan fingerprint density at radius 3 is 2.55 bits per heavy atom. The van der Waals surface area contributed by atoms with Crippen LogP contribution < -0.4 is 0 Å². The zero-order valence-electron chi connectivity index (χ0n) is 12.0. The van der Waals surface area contributed by atoms with Crippen LogP contribution >= 0.6 is 0 Å². The summed E-state index contributed by atoms with van der Waals surface area (Å²) in [6.07, 6.45) is 7.38. The molecule has 0 spiro atoms. The van der Waals surface area contributed by atoms with Gasteiger partial charge in [-0.3, -0.25) is 9.38 Å². The second kappa shape index (κ2) is 5.06. The van der Waals surface area contributed by atoms with Gasteiger partial charge < -0.3 is 4.90 Å². The van der Waals surface area contributed by atoms with Crippen LogP contribution in [0.15, 0.2) is 49.1 Å². The van der Waals surface area contributed by atoms with E-state index in [0.717, 1.165) is 11.3 Å². The van der Waals surface area contributed by atoms with Crippen LogP contribution in [0.3, 0.4) is 0 Å². The summed E-state index contributed by atoms with van der Waals surface area (Å²) in [5.41, 5.74) is 4.44. The fourth-order valence-corrected chi connectivity index (χ4v) is 2.29. The number of benzene rings is 1. The van der Waals surface area contributed by atoms with Gasteiger partial charge in [0.1, 0.15) is 0 Å². The quantitative estimate of drug-likeness (QED) is 0.730. The molecule has 4 nitrogen and oxygen atoms in total. The maximum atomic E-state index is 4.37. The first kappa shape index (κ1) is 12.8. The SMILES string of the molecule is CC(c1ccc(-c2cnc3cnccn23)cc1)N(C)C. The monoisotopic (exact) mass is 266 g/mol. The molecule has 4 heteroatoms. The zero-order chi connectivity index (χ0) is 14.1. The Kier molecular flexibility index (Phi) is 3.24. The summed E-state index contributed by atoms with van der Waals surface area (Å²) in [7, 11) is 4.19. The highest BCUT2D eigenvalue weighted by molar-refractivity contribution is 5.63. The van der Waals surface area contributed by atoms with Gasteiger partial charge in [0.05, 0.1) is 18.1 Å². The highest BCUT2D eigenvalue weighted by Crippen LogP contribution is 2.24. The molecule has 0 aliphatic rings. The van der Waals surface area contributed by atoms with Crippen molar-refractivity contribution >= 4 is 5.65 Å². The van der Waals surface area contributed by atoms with E-state index in [4.69, 9.17) is 0 Å². The van der Waals surface area contributed by atoms with Crippen LogP contribution in [0.25, 0.3) is 16.9 Å². The minimum Gasteiger partial charge on any atom is -0.303 e. The van der Waals surface area contributed by atoms with Gasteiger partial charge in [-0.15, -0.1) is 0 Å². The van der Waals surface area contributed by atoms with E-state index < -0.39 is 0 Å². The van der Waals surface area contributed by atoms with Gasteiger partial charge in [-0.25, -0.2) is 4.98 Å². The van der Waals surface area contributed by atoms with Crippen molar-refractivity contribution in [3.05, 3.63) is 54.6 Å². The van der Waals surface area contributed by atoms with Crippen molar-refractivity contribution in [3.63, 3.8) is 0 Å². The molecule has 0 fully saturated rings. The Balaban J connectivity index is 1.99. The summed E-state index contributed by atoms with van der Waals surface area (Å²) >= 11 is 0. The van der Waals surface area contributed by atoms with Gasteiger partial charge in [-0.2, -0.15) is 0 Å². The normalized spacial score (nSPS) is 13.0. The third-order valence-corrected chi connectivity index (χ3v) is 3.78. The number of hydrogen-bond acceptors (Lipinski definition) is 3. The maximum Gasteiger partial charge on any atom is 0.155 e. The largest absolute Gasteiger partial charge is 0.303 e. The molecule has 20 heavy (non-hydrogen) atoms. The smallest absolute Gasteiger partial charge is 0.155 e. The summed E-state index contributed by atoms with van der Waals surface area (Å²) in [4.78, 5) is 10.7. The molecule has 1 unspecified atom stereocenters. The lowest BCUT2D eigenvalue weighted by atomic mass is 10.0. The second-order valence-corrected chi connectivity index (χ2v) is 5.21. The van der Waals surface area contributed by atoms with E-state index in [2.05, 4.69) is 64.6 Å². The molecule has 0 saturated carbocycles. The molecule has 0 bridgehead atoms. The van der Waals surface area contributed by atoms with Crippen LogP contribution in [-0.2, 0) is 0 Å². The average Bonchev–Trinajstić information content (AvgIpc) is 2.90. The molecule has 0 N–H and O–H groups in total. The van der Waals surface area contributed by atoms with Crippen molar-refractivity contribution in [2.24, 2.45) is 0 Å². The van der Waals surface area contributed by atoms with Crippen molar-refractivity contribution in [3.8, 4) is 11.3 Å². The fraction of sp³-hybridized carbons (Fsp3) is 0.250. The zero-order valence-corrected chi connectivity index (χ0v) is 12.0. The number of nitrogens with zero attached hydrogens (tertiary/aromatic N) is 4. The first-order valence-electron chi connectivity index (χ1n) is 6.70. The lowest BCUT2D eigenvalue weighted by molar-refractivity contribution is 0.321. The van der Waals surface area contributed by atoms with Crippen molar-refractivity contribution in [1.82, 2.24) is 19.3 Å². The highest BCUT2D eigenvalue weighted by atomic mass is 15.1. The van der Waals surface area contributed by atoms with Crippen LogP contribution in [0.5, 0.6) is 0 Å². The molecule has 0 aliphatic carbocycles. The van der Waals surface area contributed by atoms with E-state index in [1.54, 1.807) is 12.4 Å². The van der Waals surface area contributed by atoms with Gasteiger partial charge in [0.25, 0.3) is 0 Å². The molecular weight excluding hydrogens is 248 g/mol. The van der Waals surface area contributed by atoms with Crippen molar-refractivity contribution in [2.45, 2.75) is 13.0 Å². The van der Waals surface area contributed by atoms with E-state index in [9.17, 15) is 0 Å². The molecular formula is C16H18N4. The van der Waals surface area contributed by atoms with Gasteiger partial charge in [-0.1, -0.05) is 24.3 Å². The summed E-state index contributed by atoms with van der Waals surface area (Å²) in [5, 5.41) is 0. The lowest BCUT2D eigenvalue weighted by Gasteiger charge is -2.20. The summed E-state index contributed by atoms with van der Waals surface area (Å²) in [6, 6.07) is 9.08. The first-order chi connectivity index (χ1) is 9.66. The molecule has 0 radical (unpaired) electrons. The average molecular weight is 266 g/mol. The Morgan fingerprint density at radius 1 is 1.10 bits per heavy atom. The van der Waals surface area contributed by atoms with E-state index in [1.165, 1.54) is 11.1 Å². The molecule has 102 valence electrons. The van der Waals surface area contributed by atoms with E-state index >= 15 is 0 Å². The van der Waals surface area contributed by atoms with E-state index in [0.29, 0.717) is 6.04 Å². The molecule has 3 rings (SSSR count). The third-order valence-electron chi connectivity index (χ3n) is 3.78. The predicted molar refractivity (Wildman–Crippen MR) is 80.5 cm³/mol. The van der Waals surface area contributed by atoms with Crippen molar-refractivity contribution < 1.29 is 0 Å². The van der Waals surface area contributed by atoms with Crippen LogP contribution in [0, 0.1) is 0 Å². The number of imidazole rings is 1. The Bertz CT molecular complexity index is 713. The van der Waals surface area contributed by atoms with Gasteiger partial charge >= 0.3 is 0 Å². The Labute approximate surface area is 118 Å². The van der Waals surface area contributed by atoms with Gasteiger partial charge in [0, 0.05) is 24.0 Å². The molecule has 1 aromatic carbocycles. The third kappa shape index (κ3) is 2.18. The maximum absolute atomic E-state index is 4.37. The van der Waals surface area contributed by atoms with Crippen LogP contribution in [-0.4, -0.2) is 33.4 Å². The summed E-state index contributed by atoms with van der Waals surface area (Å²) < 4.78 is 2.05. The van der Waals surface area contributed by atoms with Crippen LogP contribution in [0.1, 0.15) is 18.5 Å². The Morgan fingerprint density at radius 2 is 1.85 bits per heavy atom. The van der Waals surface area contributed by atoms with Gasteiger partial charge in [-0.05, 0) is 26.6 Å². The number of fused-ring (bicyclic) bond motifs is 1. The predicted octanol–water partition coefficient (Wildman–Crippen LogP) is 3.02. The number of aromatic nitrogens is 3. The highest BCUT2D eigenvalue weighted by Gasteiger charge is 2.09. The molecule has 1 atom stereocenters. The molecule has 3 aromatic rings. The molecule has 2 aromatic heterocycles. The number of rotatable bonds is 3. The summed E-state index contributed by atoms with van der Waals surface area (Å²) in [5.74, 6) is 0. The van der Waals surface area contributed by atoms with E-state index in [-0.39, 0.29) is 0 Å². The topological polar surface area (TPSA) is 33.4 Å². The van der Waals surface area contributed by atoms with Gasteiger partial charge in [0.2, 0.25) is 0 Å². The summed E-state index contributed by atoms with van der Waals surface area (Å²) in [6.45, 7) is 2.20. The van der Waals surface area contributed by atoms with Crippen LogP contribution in [0.2, 0.25) is 0 Å². The lowest BCUT2D eigenvalue weighted by Crippen LogP contribution is -2.16. The number of hydrogen-bond donors (Lipinski definition) is 0. The van der Waals surface area contributed by atoms with Crippen LogP contribution in [0.4, 0.5) is 0 Å². The van der Waals surface area contributed by atoms with Gasteiger partial charge in [0.15, 0.2) is 5.65 Å². The first-order valence-corrected chi connectivity index (χ1v) is 6.70. The minimum atomic E-state index is 0.412. The van der Waals surface area contributed by atoms with E-state index in [1.807, 2.05) is 12.4 Å². The standard InChI is InChI=1S/C16H18N4/c1-12(19(2)3)13-4-6-14(7-5-13)15-10-18-16-11-17-8-9-20(15)16/h4-12H,1-3H3.